The molecule has 7 N–H and O–H groups in total. The summed E-state index contributed by atoms with van der Waals surface area (Å²) >= 11 is 0. The van der Waals surface area contributed by atoms with Crippen LogP contribution in [0.4, 0.5) is 5.69 Å². The first kappa shape index (κ1) is 34.1. The summed E-state index contributed by atoms with van der Waals surface area (Å²) in [5.74, 6) is -5.55. The molecule has 0 saturated carbocycles. The van der Waals surface area contributed by atoms with Gasteiger partial charge in [-0.05, 0) is 31.0 Å². The molecule has 7 amide bonds. The molecule has 0 unspecified atom stereocenters. The summed E-state index contributed by atoms with van der Waals surface area (Å²) in [7, 11) is 0. The molecule has 16 heteroatoms. The minimum absolute atomic E-state index is 0.0652. The minimum Gasteiger partial charge on any atom is -0.461 e. The highest BCUT2D eigenvalue weighted by Gasteiger charge is 2.29. The Kier molecular flexibility index (Phi) is 13.0. The number of hydrogen-bond donors (Lipinski definition) is 6. The molecule has 1 aliphatic rings. The van der Waals surface area contributed by atoms with Crippen molar-refractivity contribution < 1.29 is 48.2 Å². The van der Waals surface area contributed by atoms with Gasteiger partial charge in [0.25, 0.3) is 11.8 Å². The molecule has 1 heterocycles. The van der Waals surface area contributed by atoms with Crippen LogP contribution in [0.1, 0.15) is 38.7 Å². The van der Waals surface area contributed by atoms with Crippen LogP contribution in [0.3, 0.4) is 0 Å². The second-order valence-corrected chi connectivity index (χ2v) is 9.48. The number of hydrogen-bond acceptors (Lipinski definition) is 10. The van der Waals surface area contributed by atoms with Crippen LogP contribution in [0.5, 0.6) is 0 Å². The van der Waals surface area contributed by atoms with Crippen LogP contribution in [0.15, 0.2) is 36.4 Å². The molecule has 1 aromatic carbocycles. The van der Waals surface area contributed by atoms with Gasteiger partial charge in [0.15, 0.2) is 0 Å². The Hall–Kier alpha value is -5.12. The van der Waals surface area contributed by atoms with Crippen LogP contribution in [-0.4, -0.2) is 88.6 Å². The topological polar surface area (TPSA) is 243 Å². The van der Waals surface area contributed by atoms with E-state index < -0.39 is 72.1 Å². The molecule has 0 radical (unpaired) electrons. The molecule has 16 nitrogen and oxygen atoms in total. The number of ether oxygens (including phenoxy) is 1. The van der Waals surface area contributed by atoms with Gasteiger partial charge in [0.1, 0.15) is 24.7 Å². The van der Waals surface area contributed by atoms with Crippen molar-refractivity contribution in [2.24, 2.45) is 5.73 Å². The number of carbonyl (C=O) groups is 8. The molecule has 0 spiro atoms. The highest BCUT2D eigenvalue weighted by molar-refractivity contribution is 6.13. The highest BCUT2D eigenvalue weighted by atomic mass is 16.5. The lowest BCUT2D eigenvalue weighted by molar-refractivity contribution is -0.142. The van der Waals surface area contributed by atoms with E-state index in [4.69, 9.17) is 10.5 Å². The first-order valence-corrected chi connectivity index (χ1v) is 13.2. The summed E-state index contributed by atoms with van der Waals surface area (Å²) in [5.41, 5.74) is 6.24. The van der Waals surface area contributed by atoms with Crippen molar-refractivity contribution in [2.45, 2.75) is 57.8 Å². The van der Waals surface area contributed by atoms with E-state index in [1.165, 1.54) is 13.8 Å². The first-order chi connectivity index (χ1) is 20.3. The van der Waals surface area contributed by atoms with Crippen LogP contribution in [-0.2, 0) is 49.7 Å². The Labute approximate surface area is 246 Å². The number of rotatable bonds is 16. The van der Waals surface area contributed by atoms with Gasteiger partial charge in [-0.15, -0.1) is 0 Å². The average Bonchev–Trinajstić information content (AvgIpc) is 3.28. The molecule has 1 aliphatic heterocycles. The number of nitrogens with two attached hydrogens (primary N) is 1. The van der Waals surface area contributed by atoms with Gasteiger partial charge in [0, 0.05) is 44.1 Å². The Balaban J connectivity index is 1.93. The van der Waals surface area contributed by atoms with Crippen LogP contribution in [0, 0.1) is 0 Å². The molecule has 0 aromatic heterocycles. The van der Waals surface area contributed by atoms with Gasteiger partial charge in [-0.25, -0.2) is 0 Å². The zero-order valence-corrected chi connectivity index (χ0v) is 23.6. The van der Waals surface area contributed by atoms with Crippen molar-refractivity contribution in [3.63, 3.8) is 0 Å². The van der Waals surface area contributed by atoms with Crippen LogP contribution in [0.25, 0.3) is 0 Å². The van der Waals surface area contributed by atoms with Gasteiger partial charge in [-0.2, -0.15) is 0 Å². The fourth-order valence-corrected chi connectivity index (χ4v) is 3.65. The highest BCUT2D eigenvalue weighted by Crippen LogP contribution is 2.11. The van der Waals surface area contributed by atoms with E-state index in [-0.39, 0.29) is 32.4 Å². The molecule has 43 heavy (non-hydrogen) atoms. The number of esters is 1. The maximum absolute atomic E-state index is 12.9. The van der Waals surface area contributed by atoms with Crippen molar-refractivity contribution in [1.29, 1.82) is 0 Å². The molecule has 3 atom stereocenters. The zero-order chi connectivity index (χ0) is 32.1. The van der Waals surface area contributed by atoms with Crippen molar-refractivity contribution in [3.05, 3.63) is 42.0 Å². The van der Waals surface area contributed by atoms with Crippen LogP contribution in [0.2, 0.25) is 0 Å². The normalized spacial score (nSPS) is 14.3. The van der Waals surface area contributed by atoms with E-state index in [0.29, 0.717) is 11.3 Å². The SMILES string of the molecule is CC(=O)OCc1ccc(NC(=O)[C@H](C)NC(=O)[C@H](CO)NC(=O)[C@H](CCC(N)=O)NC(=O)CCN2C(=O)C=CC2=O)cc1. The number of primary amides is 1. The van der Waals surface area contributed by atoms with Gasteiger partial charge >= 0.3 is 5.97 Å². The summed E-state index contributed by atoms with van der Waals surface area (Å²) in [6.45, 7) is 1.61. The van der Waals surface area contributed by atoms with Crippen molar-refractivity contribution in [2.75, 3.05) is 18.5 Å². The zero-order valence-electron chi connectivity index (χ0n) is 23.6. The van der Waals surface area contributed by atoms with E-state index in [1.807, 2.05) is 0 Å². The third-order valence-electron chi connectivity index (χ3n) is 6.03. The van der Waals surface area contributed by atoms with E-state index in [2.05, 4.69) is 21.3 Å². The monoisotopic (exact) mass is 602 g/mol. The minimum atomic E-state index is -1.53. The largest absolute Gasteiger partial charge is 0.461 e. The smallest absolute Gasteiger partial charge is 0.302 e. The number of aliphatic hydroxyl groups excluding tert-OH is 1. The summed E-state index contributed by atoms with van der Waals surface area (Å²) in [5, 5.41) is 19.3. The molecule has 0 bridgehead atoms. The molecule has 0 aliphatic carbocycles. The summed E-state index contributed by atoms with van der Waals surface area (Å²) in [6.07, 6.45) is 1.23. The number of amides is 7. The average molecular weight is 603 g/mol. The van der Waals surface area contributed by atoms with Gasteiger partial charge in [-0.3, -0.25) is 43.3 Å². The van der Waals surface area contributed by atoms with Crippen LogP contribution < -0.4 is 27.0 Å². The van der Waals surface area contributed by atoms with Gasteiger partial charge in [0.2, 0.25) is 29.5 Å². The quantitative estimate of drug-likeness (QED) is 0.0875. The lowest BCUT2D eigenvalue weighted by Crippen LogP contribution is -2.57. The maximum atomic E-state index is 12.9. The van der Waals surface area contributed by atoms with E-state index in [9.17, 15) is 43.5 Å². The van der Waals surface area contributed by atoms with Crippen molar-refractivity contribution in [1.82, 2.24) is 20.9 Å². The fourth-order valence-electron chi connectivity index (χ4n) is 3.65. The number of imide groups is 1. The number of nitrogens with zero attached hydrogens (tertiary/aromatic N) is 1. The van der Waals surface area contributed by atoms with E-state index >= 15 is 0 Å². The number of anilines is 1. The van der Waals surface area contributed by atoms with Crippen LogP contribution >= 0.6 is 0 Å². The van der Waals surface area contributed by atoms with Gasteiger partial charge < -0.3 is 36.8 Å². The number of nitrogens with one attached hydrogen (secondary N) is 4. The summed E-state index contributed by atoms with van der Waals surface area (Å²) < 4.78 is 4.89. The van der Waals surface area contributed by atoms with Crippen molar-refractivity contribution in [3.8, 4) is 0 Å². The predicted octanol–water partition coefficient (Wildman–Crippen LogP) is -2.26. The fraction of sp³-hybridized carbons (Fsp3) is 0.407. The molecule has 0 saturated heterocycles. The number of carbonyl (C=O) groups excluding carboxylic acids is 8. The Morgan fingerprint density at radius 3 is 2.05 bits per heavy atom. The van der Waals surface area contributed by atoms with E-state index in [0.717, 1.165) is 17.1 Å². The van der Waals surface area contributed by atoms with Crippen molar-refractivity contribution >= 4 is 53.0 Å². The third kappa shape index (κ3) is 11.3. The standard InChI is InChI=1S/C27H34N6O10/c1-15(25(40)30-18-5-3-17(4-6-18)14-43-16(2)35)29-27(42)20(13-34)32-26(41)19(7-8-21(28)36)31-22(37)11-12-33-23(38)9-10-24(33)39/h3-6,9-10,15,19-20,34H,7-8,11-14H2,1-2H3,(H2,28,36)(H,29,42)(H,30,40)(H,31,37)(H,32,41)/t15-,19-,20-/m0/s1. The second kappa shape index (κ2) is 16.4. The molecular formula is C27H34N6O10. The Morgan fingerprint density at radius 2 is 1.49 bits per heavy atom. The predicted molar refractivity (Wildman–Crippen MR) is 148 cm³/mol. The second-order valence-electron chi connectivity index (χ2n) is 9.48. The maximum Gasteiger partial charge on any atom is 0.302 e. The van der Waals surface area contributed by atoms with Gasteiger partial charge in [-0.1, -0.05) is 12.1 Å². The summed E-state index contributed by atoms with van der Waals surface area (Å²) in [4.78, 5) is 97.0. The molecule has 2 rings (SSSR count). The summed E-state index contributed by atoms with van der Waals surface area (Å²) in [6, 6.07) is 2.43. The lowest BCUT2D eigenvalue weighted by Gasteiger charge is -2.23. The molecular weight excluding hydrogens is 568 g/mol. The first-order valence-electron chi connectivity index (χ1n) is 13.2. The number of benzene rings is 1. The molecule has 1 aromatic rings. The van der Waals surface area contributed by atoms with Gasteiger partial charge in [0.05, 0.1) is 6.61 Å². The number of aliphatic hydroxyl groups is 1. The lowest BCUT2D eigenvalue weighted by atomic mass is 10.1. The molecule has 0 fully saturated rings. The van der Waals surface area contributed by atoms with E-state index in [1.54, 1.807) is 24.3 Å². The Morgan fingerprint density at radius 1 is 0.884 bits per heavy atom. The third-order valence-corrected chi connectivity index (χ3v) is 6.03. The molecule has 232 valence electrons. The Bertz CT molecular complexity index is 1260.